The number of anilines is 2. The number of carbonyl (C=O) groups excluding carboxylic acids is 3. The van der Waals surface area contributed by atoms with Crippen LogP contribution in [0, 0.1) is 22.7 Å². The van der Waals surface area contributed by atoms with Crippen molar-refractivity contribution in [3.63, 3.8) is 0 Å². The van der Waals surface area contributed by atoms with Crippen LogP contribution in [0.1, 0.15) is 37.8 Å². The normalized spacial score (nSPS) is 17.5. The number of aromatic nitrogens is 1. The van der Waals surface area contributed by atoms with Crippen LogP contribution < -0.4 is 19.3 Å². The Morgan fingerprint density at radius 2 is 1.40 bits per heavy atom. The summed E-state index contributed by atoms with van der Waals surface area (Å²) in [5.41, 5.74) is 3.24. The first-order valence-electron chi connectivity index (χ1n) is 17.5. The van der Waals surface area contributed by atoms with Crippen LogP contribution in [0.3, 0.4) is 0 Å². The minimum absolute atomic E-state index is 0.0274. The van der Waals surface area contributed by atoms with Crippen LogP contribution in [0.5, 0.6) is 11.5 Å². The smallest absolute Gasteiger partial charge is 0.285 e. The Labute approximate surface area is 329 Å². The third-order valence-electron chi connectivity index (χ3n) is 9.96. The number of carbonyl (C=O) groups is 3. The van der Waals surface area contributed by atoms with Gasteiger partial charge in [0.25, 0.3) is 17.7 Å². The highest BCUT2D eigenvalue weighted by Crippen LogP contribution is 2.58. The molecule has 0 spiro atoms. The van der Waals surface area contributed by atoms with Crippen molar-refractivity contribution in [2.24, 2.45) is 4.99 Å². The predicted molar refractivity (Wildman–Crippen MR) is 206 cm³/mol. The van der Waals surface area contributed by atoms with Gasteiger partial charge in [0.05, 0.1) is 73.4 Å². The van der Waals surface area contributed by atoms with E-state index in [1.165, 1.54) is 16.7 Å². The zero-order chi connectivity index (χ0) is 39.4. The fraction of sp³-hybridized carbons (Fsp3) is 0.119. The Morgan fingerprint density at radius 1 is 0.789 bits per heavy atom. The topological polar surface area (TPSA) is 175 Å². The number of nitrogens with zero attached hydrogens (tertiary/aromatic N) is 7. The number of ether oxygens (including phenoxy) is 2. The van der Waals surface area contributed by atoms with Crippen LogP contribution in [-0.4, -0.2) is 61.0 Å². The summed E-state index contributed by atoms with van der Waals surface area (Å²) in [4.78, 5) is 54.6. The molecule has 0 bridgehead atoms. The molecule has 9 rings (SSSR count). The lowest BCUT2D eigenvalue weighted by Gasteiger charge is -2.30. The van der Waals surface area contributed by atoms with Gasteiger partial charge in [-0.1, -0.05) is 59.4 Å². The summed E-state index contributed by atoms with van der Waals surface area (Å²) in [6.07, 6.45) is 0. The largest absolute Gasteiger partial charge is 0.497 e. The van der Waals surface area contributed by atoms with Crippen LogP contribution in [0.2, 0.25) is 0 Å². The number of amides is 3. The summed E-state index contributed by atoms with van der Waals surface area (Å²) < 4.78 is 16.6. The highest BCUT2D eigenvalue weighted by atomic mass is 32.2. The average molecular weight is 774 g/mol. The zero-order valence-electron chi connectivity index (χ0n) is 30.1. The molecule has 0 fully saturated rings. The molecule has 4 aromatic carbocycles. The number of rotatable bonds is 9. The van der Waals surface area contributed by atoms with E-state index in [0.29, 0.717) is 60.4 Å². The van der Waals surface area contributed by atoms with Crippen LogP contribution >= 0.6 is 11.8 Å². The third kappa shape index (κ3) is 5.56. The van der Waals surface area contributed by atoms with Crippen molar-refractivity contribution < 1.29 is 33.2 Å². The van der Waals surface area contributed by atoms with Crippen molar-refractivity contribution in [3.05, 3.63) is 141 Å². The number of hydroxylamine groups is 2. The molecule has 0 saturated heterocycles. The standard InChI is InChI=1S/C42H27N7O7S/c1-53-25-15-11-23(12-16-25)33-30(21-43)37(48-38-36(57-42(48)31(33)22-44)35(56-46-38)24-13-17-26(54-2)18-14-24)45-34-29-9-5-6-10-32(29)47(41(34)52)19-20-55-49-39(50)27-7-3-4-8-28(27)40(49)51/h3-18,33H,19-20H2,1-2H3/b45-34-. The molecule has 0 N–H and O–H groups in total. The molecule has 15 heteroatoms. The SMILES string of the molecule is COc1ccc(-c2onc3c2SC2=C(C#N)C(c4ccc(OC)cc4)C(C#N)=C(/N=C4\C(=O)N(CCON5C(=O)c6ccccc6C5=O)c5ccccc54)N23)cc1. The van der Waals surface area contributed by atoms with E-state index in [4.69, 9.17) is 23.8 Å². The number of nitriles is 2. The molecule has 0 aliphatic carbocycles. The van der Waals surface area contributed by atoms with E-state index < -0.39 is 23.6 Å². The Balaban J connectivity index is 1.13. The van der Waals surface area contributed by atoms with E-state index in [9.17, 15) is 24.9 Å². The van der Waals surface area contributed by atoms with E-state index in [-0.39, 0.29) is 47.0 Å². The first-order chi connectivity index (χ1) is 27.9. The maximum atomic E-state index is 14.4. The van der Waals surface area contributed by atoms with Gasteiger partial charge in [-0.2, -0.15) is 10.5 Å². The number of para-hydroxylation sites is 1. The van der Waals surface area contributed by atoms with Gasteiger partial charge < -0.3 is 18.9 Å². The van der Waals surface area contributed by atoms with Crippen molar-refractivity contribution in [3.8, 4) is 35.0 Å². The summed E-state index contributed by atoms with van der Waals surface area (Å²) in [7, 11) is 3.12. The number of benzene rings is 4. The number of methoxy groups -OCH3 is 2. The Morgan fingerprint density at radius 3 is 2.04 bits per heavy atom. The predicted octanol–water partition coefficient (Wildman–Crippen LogP) is 6.60. The Hall–Kier alpha value is -7.46. The maximum absolute atomic E-state index is 14.4. The van der Waals surface area contributed by atoms with Crippen molar-refractivity contribution >= 4 is 46.7 Å². The van der Waals surface area contributed by atoms with Gasteiger partial charge in [0.1, 0.15) is 27.1 Å². The fourth-order valence-corrected chi connectivity index (χ4v) is 8.43. The van der Waals surface area contributed by atoms with Crippen molar-refractivity contribution in [2.75, 3.05) is 37.2 Å². The second kappa shape index (κ2) is 14.0. The minimum atomic E-state index is -0.856. The molecule has 57 heavy (non-hydrogen) atoms. The number of allylic oxidation sites excluding steroid dienone is 2. The van der Waals surface area contributed by atoms with Crippen molar-refractivity contribution in [1.29, 1.82) is 10.5 Å². The molecule has 1 aromatic heterocycles. The van der Waals surface area contributed by atoms with Gasteiger partial charge in [0.15, 0.2) is 17.4 Å². The summed E-state index contributed by atoms with van der Waals surface area (Å²) in [6, 6.07) is 32.4. The number of hydrogen-bond donors (Lipinski definition) is 0. The lowest BCUT2D eigenvalue weighted by molar-refractivity contribution is -0.113. The van der Waals surface area contributed by atoms with E-state index in [1.807, 2.05) is 12.1 Å². The number of fused-ring (bicyclic) bond motifs is 5. The summed E-state index contributed by atoms with van der Waals surface area (Å²) in [5.74, 6) is -0.447. The second-order valence-corrected chi connectivity index (χ2v) is 13.9. The van der Waals surface area contributed by atoms with Crippen LogP contribution in [0.25, 0.3) is 11.3 Å². The molecule has 4 aliphatic rings. The van der Waals surface area contributed by atoms with E-state index in [2.05, 4.69) is 17.3 Å². The molecule has 4 aliphatic heterocycles. The average Bonchev–Trinajstić information content (AvgIpc) is 3.97. The first-order valence-corrected chi connectivity index (χ1v) is 18.3. The Kier molecular flexibility index (Phi) is 8.66. The molecule has 3 amide bonds. The molecule has 0 radical (unpaired) electrons. The maximum Gasteiger partial charge on any atom is 0.285 e. The number of hydrogen-bond acceptors (Lipinski definition) is 13. The third-order valence-corrected chi connectivity index (χ3v) is 11.1. The molecule has 1 atom stereocenters. The van der Waals surface area contributed by atoms with Gasteiger partial charge in [-0.25, -0.2) is 4.99 Å². The highest BCUT2D eigenvalue weighted by Gasteiger charge is 2.46. The number of thioether (sulfide) groups is 1. The number of aliphatic imine (C=N–C) groups is 1. The summed E-state index contributed by atoms with van der Waals surface area (Å²) >= 11 is 1.26. The molecule has 0 saturated carbocycles. The van der Waals surface area contributed by atoms with Crippen LogP contribution in [0.15, 0.2) is 133 Å². The fourth-order valence-electron chi connectivity index (χ4n) is 7.23. The van der Waals surface area contributed by atoms with E-state index in [1.54, 1.807) is 104 Å². The Bertz CT molecular complexity index is 2690. The van der Waals surface area contributed by atoms with Crippen LogP contribution in [-0.2, 0) is 9.63 Å². The lowest BCUT2D eigenvalue weighted by atomic mass is 9.83. The summed E-state index contributed by atoms with van der Waals surface area (Å²) in [5, 5.41) is 27.3. The summed E-state index contributed by atoms with van der Waals surface area (Å²) in [6.45, 7) is -0.231. The molecule has 5 heterocycles. The molecular weight excluding hydrogens is 747 g/mol. The molecule has 14 nitrogen and oxygen atoms in total. The molecule has 278 valence electrons. The van der Waals surface area contributed by atoms with E-state index >= 15 is 0 Å². The zero-order valence-corrected chi connectivity index (χ0v) is 30.9. The van der Waals surface area contributed by atoms with Gasteiger partial charge in [-0.15, -0.1) is 5.06 Å². The van der Waals surface area contributed by atoms with Gasteiger partial charge in [0, 0.05) is 11.1 Å². The molecule has 1 unspecified atom stereocenters. The van der Waals surface area contributed by atoms with Gasteiger partial charge in [-0.05, 0) is 60.2 Å². The molecular formula is C42H27N7O7S. The van der Waals surface area contributed by atoms with Crippen molar-refractivity contribution in [1.82, 2.24) is 10.2 Å². The first kappa shape index (κ1) is 35.3. The van der Waals surface area contributed by atoms with Crippen molar-refractivity contribution in [2.45, 2.75) is 10.8 Å². The molecule has 5 aromatic rings. The minimum Gasteiger partial charge on any atom is -0.497 e. The second-order valence-electron chi connectivity index (χ2n) is 12.9. The van der Waals surface area contributed by atoms with Gasteiger partial charge in [-0.3, -0.25) is 24.1 Å². The monoisotopic (exact) mass is 773 g/mol. The van der Waals surface area contributed by atoms with E-state index in [0.717, 1.165) is 0 Å². The lowest BCUT2D eigenvalue weighted by Crippen LogP contribution is -2.37. The van der Waals surface area contributed by atoms with Gasteiger partial charge >= 0.3 is 0 Å². The van der Waals surface area contributed by atoms with Gasteiger partial charge in [0.2, 0.25) is 0 Å². The van der Waals surface area contributed by atoms with Crippen LogP contribution in [0.4, 0.5) is 11.5 Å². The highest BCUT2D eigenvalue weighted by molar-refractivity contribution is 8.04. The quantitative estimate of drug-likeness (QED) is 0.147. The number of imide groups is 1.